The highest BCUT2D eigenvalue weighted by molar-refractivity contribution is 5.32. The number of nitrogens with one attached hydrogen (secondary N) is 1. The summed E-state index contributed by atoms with van der Waals surface area (Å²) in [6, 6.07) is 6.38. The van der Waals surface area contributed by atoms with Crippen molar-refractivity contribution >= 4 is 5.69 Å². The molecule has 1 rings (SSSR count). The van der Waals surface area contributed by atoms with Crippen molar-refractivity contribution in [2.45, 2.75) is 12.6 Å². The second-order valence-corrected chi connectivity index (χ2v) is 4.47. The SMILES string of the molecule is CN(C)CC(O)CNCc1ccc([N+](=O)[O-])cc1. The summed E-state index contributed by atoms with van der Waals surface area (Å²) in [5.74, 6) is 0. The second kappa shape index (κ2) is 7.05. The van der Waals surface area contributed by atoms with E-state index in [1.807, 2.05) is 19.0 Å². The van der Waals surface area contributed by atoms with Crippen molar-refractivity contribution < 1.29 is 10.0 Å². The number of hydrogen-bond donors (Lipinski definition) is 2. The van der Waals surface area contributed by atoms with Gasteiger partial charge < -0.3 is 15.3 Å². The van der Waals surface area contributed by atoms with Crippen molar-refractivity contribution in [1.29, 1.82) is 0 Å². The number of nitro groups is 1. The standard InChI is InChI=1S/C12H19N3O3/c1-14(2)9-12(16)8-13-7-10-3-5-11(6-4-10)15(17)18/h3-6,12-13,16H,7-9H2,1-2H3. The predicted octanol–water partition coefficient (Wildman–Crippen LogP) is 0.607. The Morgan fingerprint density at radius 1 is 1.39 bits per heavy atom. The molecule has 0 saturated heterocycles. The molecule has 6 heteroatoms. The van der Waals surface area contributed by atoms with Crippen LogP contribution in [0.3, 0.4) is 0 Å². The minimum atomic E-state index is -0.419. The lowest BCUT2D eigenvalue weighted by molar-refractivity contribution is -0.384. The van der Waals surface area contributed by atoms with Crippen molar-refractivity contribution in [3.8, 4) is 0 Å². The lowest BCUT2D eigenvalue weighted by Crippen LogP contribution is -2.34. The molecule has 1 unspecified atom stereocenters. The molecule has 1 atom stereocenters. The molecular formula is C12H19N3O3. The highest BCUT2D eigenvalue weighted by Gasteiger charge is 2.06. The van der Waals surface area contributed by atoms with Crippen LogP contribution in [-0.2, 0) is 6.54 Å². The zero-order valence-electron chi connectivity index (χ0n) is 10.7. The first kappa shape index (κ1) is 14.6. The van der Waals surface area contributed by atoms with Crippen LogP contribution in [0.15, 0.2) is 24.3 Å². The molecule has 0 amide bonds. The van der Waals surface area contributed by atoms with Gasteiger partial charge in [-0.3, -0.25) is 10.1 Å². The first-order chi connectivity index (χ1) is 8.49. The topological polar surface area (TPSA) is 78.6 Å². The molecular weight excluding hydrogens is 234 g/mol. The van der Waals surface area contributed by atoms with Crippen molar-refractivity contribution in [2.75, 3.05) is 27.2 Å². The average molecular weight is 253 g/mol. The van der Waals surface area contributed by atoms with E-state index in [1.54, 1.807) is 12.1 Å². The van der Waals surface area contributed by atoms with Crippen LogP contribution in [0.1, 0.15) is 5.56 Å². The van der Waals surface area contributed by atoms with E-state index < -0.39 is 11.0 Å². The molecule has 1 aromatic rings. The van der Waals surface area contributed by atoms with Gasteiger partial charge in [-0.15, -0.1) is 0 Å². The van der Waals surface area contributed by atoms with E-state index in [0.717, 1.165) is 5.56 Å². The van der Waals surface area contributed by atoms with E-state index >= 15 is 0 Å². The zero-order chi connectivity index (χ0) is 13.5. The number of benzene rings is 1. The first-order valence-electron chi connectivity index (χ1n) is 5.76. The van der Waals surface area contributed by atoms with Crippen molar-refractivity contribution in [3.63, 3.8) is 0 Å². The average Bonchev–Trinajstić information content (AvgIpc) is 2.28. The number of aliphatic hydroxyl groups excluding tert-OH is 1. The Balaban J connectivity index is 2.33. The van der Waals surface area contributed by atoms with Gasteiger partial charge in [-0.1, -0.05) is 12.1 Å². The highest BCUT2D eigenvalue weighted by Crippen LogP contribution is 2.11. The number of nitrogens with zero attached hydrogens (tertiary/aromatic N) is 2. The molecule has 0 aliphatic carbocycles. The molecule has 1 aromatic carbocycles. The molecule has 2 N–H and O–H groups in total. The molecule has 0 aromatic heterocycles. The Labute approximate surface area is 106 Å². The molecule has 0 fully saturated rings. The molecule has 100 valence electrons. The summed E-state index contributed by atoms with van der Waals surface area (Å²) >= 11 is 0. The van der Waals surface area contributed by atoms with Crippen LogP contribution in [-0.4, -0.2) is 48.2 Å². The minimum absolute atomic E-state index is 0.0893. The van der Waals surface area contributed by atoms with Gasteiger partial charge in [0.1, 0.15) is 0 Å². The van der Waals surface area contributed by atoms with Gasteiger partial charge in [-0.05, 0) is 19.7 Å². The third-order valence-electron chi connectivity index (χ3n) is 2.43. The summed E-state index contributed by atoms with van der Waals surface area (Å²) in [4.78, 5) is 12.0. The van der Waals surface area contributed by atoms with Gasteiger partial charge in [0, 0.05) is 31.8 Å². The quantitative estimate of drug-likeness (QED) is 0.550. The molecule has 18 heavy (non-hydrogen) atoms. The molecule has 6 nitrogen and oxygen atoms in total. The summed E-state index contributed by atoms with van der Waals surface area (Å²) < 4.78 is 0. The van der Waals surface area contributed by atoms with Crippen LogP contribution in [0.5, 0.6) is 0 Å². The second-order valence-electron chi connectivity index (χ2n) is 4.47. The summed E-state index contributed by atoms with van der Waals surface area (Å²) in [7, 11) is 3.80. The van der Waals surface area contributed by atoms with Crippen molar-refractivity contribution in [2.24, 2.45) is 0 Å². The molecule has 0 spiro atoms. The maximum absolute atomic E-state index is 10.5. The molecule has 0 aliphatic heterocycles. The molecule has 0 saturated carbocycles. The van der Waals surface area contributed by atoms with Gasteiger partial charge in [-0.25, -0.2) is 0 Å². The smallest absolute Gasteiger partial charge is 0.269 e. The normalized spacial score (nSPS) is 12.7. The lowest BCUT2D eigenvalue weighted by atomic mass is 10.2. The number of likely N-dealkylation sites (N-methyl/N-ethyl adjacent to an activating group) is 1. The molecule has 0 bridgehead atoms. The van der Waals surface area contributed by atoms with E-state index in [9.17, 15) is 15.2 Å². The maximum atomic E-state index is 10.5. The Morgan fingerprint density at radius 3 is 2.50 bits per heavy atom. The number of hydrogen-bond acceptors (Lipinski definition) is 5. The number of rotatable bonds is 7. The minimum Gasteiger partial charge on any atom is -0.390 e. The van der Waals surface area contributed by atoms with Gasteiger partial charge in [0.25, 0.3) is 5.69 Å². The van der Waals surface area contributed by atoms with E-state index in [-0.39, 0.29) is 5.69 Å². The fraction of sp³-hybridized carbons (Fsp3) is 0.500. The first-order valence-corrected chi connectivity index (χ1v) is 5.76. The Morgan fingerprint density at radius 2 is 2.00 bits per heavy atom. The monoisotopic (exact) mass is 253 g/mol. The third kappa shape index (κ3) is 5.22. The van der Waals surface area contributed by atoms with Crippen LogP contribution >= 0.6 is 0 Å². The van der Waals surface area contributed by atoms with Gasteiger partial charge in [0.15, 0.2) is 0 Å². The fourth-order valence-corrected chi connectivity index (χ4v) is 1.60. The van der Waals surface area contributed by atoms with Gasteiger partial charge >= 0.3 is 0 Å². The number of non-ortho nitro benzene ring substituents is 1. The van der Waals surface area contributed by atoms with Crippen LogP contribution in [0.4, 0.5) is 5.69 Å². The van der Waals surface area contributed by atoms with Crippen molar-refractivity contribution in [3.05, 3.63) is 39.9 Å². The number of aliphatic hydroxyl groups is 1. The lowest BCUT2D eigenvalue weighted by Gasteiger charge is -2.16. The maximum Gasteiger partial charge on any atom is 0.269 e. The summed E-state index contributed by atoms with van der Waals surface area (Å²) in [6.07, 6.45) is -0.418. The number of nitro benzene ring substituents is 1. The summed E-state index contributed by atoms with van der Waals surface area (Å²) in [6.45, 7) is 1.69. The Bertz CT molecular complexity index is 379. The van der Waals surface area contributed by atoms with Gasteiger partial charge in [0.05, 0.1) is 11.0 Å². The highest BCUT2D eigenvalue weighted by atomic mass is 16.6. The summed E-state index contributed by atoms with van der Waals surface area (Å²) in [5.41, 5.74) is 1.05. The van der Waals surface area contributed by atoms with E-state index in [1.165, 1.54) is 12.1 Å². The molecule has 0 radical (unpaired) electrons. The largest absolute Gasteiger partial charge is 0.390 e. The van der Waals surface area contributed by atoms with Crippen molar-refractivity contribution in [1.82, 2.24) is 10.2 Å². The van der Waals surface area contributed by atoms with Crippen LogP contribution in [0.2, 0.25) is 0 Å². The van der Waals surface area contributed by atoms with Crippen LogP contribution in [0, 0.1) is 10.1 Å². The van der Waals surface area contributed by atoms with E-state index in [4.69, 9.17) is 0 Å². The molecule has 0 heterocycles. The predicted molar refractivity (Wildman–Crippen MR) is 69.4 cm³/mol. The van der Waals surface area contributed by atoms with E-state index in [2.05, 4.69) is 5.32 Å². The Hall–Kier alpha value is -1.50. The summed E-state index contributed by atoms with van der Waals surface area (Å²) in [5, 5.41) is 23.2. The van der Waals surface area contributed by atoms with Gasteiger partial charge in [0.2, 0.25) is 0 Å². The van der Waals surface area contributed by atoms with E-state index in [0.29, 0.717) is 19.6 Å². The van der Waals surface area contributed by atoms with Crippen LogP contribution in [0.25, 0.3) is 0 Å². The molecule has 0 aliphatic rings. The van der Waals surface area contributed by atoms with Crippen LogP contribution < -0.4 is 5.32 Å². The fourth-order valence-electron chi connectivity index (χ4n) is 1.60. The van der Waals surface area contributed by atoms with Gasteiger partial charge in [-0.2, -0.15) is 0 Å². The Kier molecular flexibility index (Phi) is 5.70. The zero-order valence-corrected chi connectivity index (χ0v) is 10.7. The third-order valence-corrected chi connectivity index (χ3v) is 2.43.